The third-order valence-corrected chi connectivity index (χ3v) is 6.15. The molecule has 2 fully saturated rings. The summed E-state index contributed by atoms with van der Waals surface area (Å²) in [5.74, 6) is 1.72. The smallest absolute Gasteiger partial charge is 0.240 e. The maximum absolute atomic E-state index is 11.9. The molecular formula is C15H22N2O2S. The molecule has 4 nitrogen and oxygen atoms in total. The van der Waals surface area contributed by atoms with Crippen molar-refractivity contribution in [1.29, 1.82) is 0 Å². The molecule has 3 atom stereocenters. The van der Waals surface area contributed by atoms with Gasteiger partial charge in [-0.25, -0.2) is 13.1 Å². The number of hydrogen-bond donors (Lipinski definition) is 2. The van der Waals surface area contributed by atoms with E-state index in [2.05, 4.69) is 10.0 Å². The van der Waals surface area contributed by atoms with Gasteiger partial charge in [0, 0.05) is 18.3 Å². The minimum Gasteiger partial charge on any atom is -0.382 e. The standard InChI is InChI=1S/C15H22N2O2S/c1-2-16-20(18,19)14-7-5-13(6-8-14)17-15-10-11-3-4-12(15)9-11/h5-8,11-12,15-17H,2-4,9-10H2,1H3. The van der Waals surface area contributed by atoms with Gasteiger partial charge in [0.1, 0.15) is 0 Å². The molecule has 0 heterocycles. The Morgan fingerprint density at radius 3 is 2.45 bits per heavy atom. The fraction of sp³-hybridized carbons (Fsp3) is 0.600. The molecule has 2 N–H and O–H groups in total. The van der Waals surface area contributed by atoms with Crippen LogP contribution in [0, 0.1) is 11.8 Å². The highest BCUT2D eigenvalue weighted by molar-refractivity contribution is 7.89. The molecule has 2 aliphatic rings. The molecule has 0 saturated heterocycles. The summed E-state index contributed by atoms with van der Waals surface area (Å²) in [6, 6.07) is 7.66. The SMILES string of the molecule is CCNS(=O)(=O)c1ccc(NC2CC3CCC2C3)cc1. The van der Waals surface area contributed by atoms with Crippen LogP contribution in [0.2, 0.25) is 0 Å². The van der Waals surface area contributed by atoms with Gasteiger partial charge >= 0.3 is 0 Å². The van der Waals surface area contributed by atoms with Crippen LogP contribution in [-0.2, 0) is 10.0 Å². The largest absolute Gasteiger partial charge is 0.382 e. The number of hydrogen-bond acceptors (Lipinski definition) is 3. The van der Waals surface area contributed by atoms with Crippen molar-refractivity contribution in [2.24, 2.45) is 11.8 Å². The lowest BCUT2D eigenvalue weighted by molar-refractivity contribution is 0.440. The predicted molar refractivity (Wildman–Crippen MR) is 80.2 cm³/mol. The minimum absolute atomic E-state index is 0.331. The molecule has 5 heteroatoms. The fourth-order valence-electron chi connectivity index (χ4n) is 3.64. The lowest BCUT2D eigenvalue weighted by atomic mass is 9.95. The molecule has 2 bridgehead atoms. The zero-order chi connectivity index (χ0) is 14.2. The Kier molecular flexibility index (Phi) is 3.73. The molecule has 110 valence electrons. The molecule has 20 heavy (non-hydrogen) atoms. The second-order valence-electron chi connectivity index (χ2n) is 5.95. The van der Waals surface area contributed by atoms with Gasteiger partial charge in [-0.05, 0) is 55.4 Å². The molecule has 3 unspecified atom stereocenters. The molecule has 2 aliphatic carbocycles. The Balaban J connectivity index is 1.67. The van der Waals surface area contributed by atoms with Crippen molar-refractivity contribution >= 4 is 15.7 Å². The summed E-state index contributed by atoms with van der Waals surface area (Å²) in [5.41, 5.74) is 1.03. The molecule has 0 aliphatic heterocycles. The first-order valence-electron chi connectivity index (χ1n) is 7.45. The molecule has 0 amide bonds. The van der Waals surface area contributed by atoms with Gasteiger partial charge < -0.3 is 5.32 Å². The van der Waals surface area contributed by atoms with Crippen LogP contribution in [0.15, 0.2) is 29.2 Å². The first-order chi connectivity index (χ1) is 9.58. The normalized spacial score (nSPS) is 28.8. The van der Waals surface area contributed by atoms with E-state index < -0.39 is 10.0 Å². The Hall–Kier alpha value is -1.07. The molecule has 0 aromatic heterocycles. The van der Waals surface area contributed by atoms with E-state index >= 15 is 0 Å². The molecule has 1 aromatic carbocycles. The van der Waals surface area contributed by atoms with E-state index in [4.69, 9.17) is 0 Å². The average Bonchev–Trinajstić information content (AvgIpc) is 3.01. The zero-order valence-electron chi connectivity index (χ0n) is 11.8. The highest BCUT2D eigenvalue weighted by Gasteiger charge is 2.39. The van der Waals surface area contributed by atoms with E-state index in [9.17, 15) is 8.42 Å². The lowest BCUT2D eigenvalue weighted by Crippen LogP contribution is -2.26. The Morgan fingerprint density at radius 1 is 1.15 bits per heavy atom. The summed E-state index contributed by atoms with van der Waals surface area (Å²) in [4.78, 5) is 0.331. The number of benzene rings is 1. The third-order valence-electron chi connectivity index (χ3n) is 4.59. The predicted octanol–water partition coefficient (Wildman–Crippen LogP) is 2.59. The summed E-state index contributed by atoms with van der Waals surface area (Å²) in [7, 11) is -3.34. The molecule has 3 rings (SSSR count). The Morgan fingerprint density at radius 2 is 1.90 bits per heavy atom. The van der Waals surface area contributed by atoms with E-state index in [0.29, 0.717) is 17.5 Å². The maximum Gasteiger partial charge on any atom is 0.240 e. The van der Waals surface area contributed by atoms with E-state index in [1.54, 1.807) is 19.1 Å². The van der Waals surface area contributed by atoms with Crippen LogP contribution in [0.5, 0.6) is 0 Å². The quantitative estimate of drug-likeness (QED) is 0.877. The molecule has 0 radical (unpaired) electrons. The lowest BCUT2D eigenvalue weighted by Gasteiger charge is -2.24. The second-order valence-corrected chi connectivity index (χ2v) is 7.72. The van der Waals surface area contributed by atoms with E-state index in [1.807, 2.05) is 12.1 Å². The van der Waals surface area contributed by atoms with Crippen molar-refractivity contribution in [3.8, 4) is 0 Å². The third kappa shape index (κ3) is 2.69. The van der Waals surface area contributed by atoms with Gasteiger partial charge in [0.2, 0.25) is 10.0 Å². The first-order valence-corrected chi connectivity index (χ1v) is 8.93. The highest BCUT2D eigenvalue weighted by atomic mass is 32.2. The number of nitrogens with one attached hydrogen (secondary N) is 2. The molecule has 1 aromatic rings. The van der Waals surface area contributed by atoms with Crippen LogP contribution < -0.4 is 10.0 Å². The van der Waals surface area contributed by atoms with Crippen LogP contribution in [0.4, 0.5) is 5.69 Å². The van der Waals surface area contributed by atoms with Gasteiger partial charge in [0.15, 0.2) is 0 Å². The number of fused-ring (bicyclic) bond motifs is 2. The summed E-state index contributed by atoms with van der Waals surface area (Å²) >= 11 is 0. The summed E-state index contributed by atoms with van der Waals surface area (Å²) < 4.78 is 26.2. The van der Waals surface area contributed by atoms with Crippen LogP contribution in [0.25, 0.3) is 0 Å². The van der Waals surface area contributed by atoms with Crippen molar-refractivity contribution in [2.45, 2.75) is 43.5 Å². The van der Waals surface area contributed by atoms with Crippen molar-refractivity contribution in [3.63, 3.8) is 0 Å². The average molecular weight is 294 g/mol. The Bertz CT molecular complexity index is 568. The van der Waals surface area contributed by atoms with Crippen molar-refractivity contribution in [3.05, 3.63) is 24.3 Å². The molecular weight excluding hydrogens is 272 g/mol. The summed E-state index contributed by atoms with van der Waals surface area (Å²) in [5, 5.41) is 3.57. The van der Waals surface area contributed by atoms with Crippen LogP contribution >= 0.6 is 0 Å². The monoisotopic (exact) mass is 294 g/mol. The molecule has 2 saturated carbocycles. The van der Waals surface area contributed by atoms with E-state index in [-0.39, 0.29) is 0 Å². The maximum atomic E-state index is 11.9. The second kappa shape index (κ2) is 5.37. The van der Waals surface area contributed by atoms with Crippen LogP contribution in [-0.4, -0.2) is 21.0 Å². The van der Waals surface area contributed by atoms with Crippen molar-refractivity contribution in [2.75, 3.05) is 11.9 Å². The van der Waals surface area contributed by atoms with Crippen LogP contribution in [0.1, 0.15) is 32.6 Å². The van der Waals surface area contributed by atoms with Crippen molar-refractivity contribution in [1.82, 2.24) is 4.72 Å². The topological polar surface area (TPSA) is 58.2 Å². The Labute approximate surface area is 121 Å². The van der Waals surface area contributed by atoms with Gasteiger partial charge in [0.25, 0.3) is 0 Å². The highest BCUT2D eigenvalue weighted by Crippen LogP contribution is 2.45. The van der Waals surface area contributed by atoms with Crippen molar-refractivity contribution < 1.29 is 8.42 Å². The minimum atomic E-state index is -3.34. The van der Waals surface area contributed by atoms with E-state index in [1.165, 1.54) is 25.7 Å². The number of rotatable bonds is 5. The number of anilines is 1. The van der Waals surface area contributed by atoms with Gasteiger partial charge in [-0.2, -0.15) is 0 Å². The fourth-order valence-corrected chi connectivity index (χ4v) is 4.68. The summed E-state index contributed by atoms with van der Waals surface area (Å²) in [6.45, 7) is 2.19. The van der Waals surface area contributed by atoms with Gasteiger partial charge in [-0.15, -0.1) is 0 Å². The van der Waals surface area contributed by atoms with Gasteiger partial charge in [-0.3, -0.25) is 0 Å². The van der Waals surface area contributed by atoms with E-state index in [0.717, 1.165) is 17.5 Å². The molecule has 0 spiro atoms. The van der Waals surface area contributed by atoms with Gasteiger partial charge in [-0.1, -0.05) is 13.3 Å². The van der Waals surface area contributed by atoms with Crippen LogP contribution in [0.3, 0.4) is 0 Å². The number of sulfonamides is 1. The summed E-state index contributed by atoms with van der Waals surface area (Å²) in [6.07, 6.45) is 5.37. The zero-order valence-corrected chi connectivity index (χ0v) is 12.6. The van der Waals surface area contributed by atoms with Gasteiger partial charge in [0.05, 0.1) is 4.90 Å². The first kappa shape index (κ1) is 13.9.